The van der Waals surface area contributed by atoms with E-state index in [1.54, 1.807) is 0 Å². The predicted octanol–water partition coefficient (Wildman–Crippen LogP) is 1.16. The Labute approximate surface area is 101 Å². The van der Waals surface area contributed by atoms with Gasteiger partial charge in [-0.2, -0.15) is 0 Å². The van der Waals surface area contributed by atoms with Crippen LogP contribution in [0.3, 0.4) is 0 Å². The highest BCUT2D eigenvalue weighted by molar-refractivity contribution is 5.41. The lowest BCUT2D eigenvalue weighted by atomic mass is 9.91. The van der Waals surface area contributed by atoms with Gasteiger partial charge in [0.1, 0.15) is 5.75 Å². The fourth-order valence-electron chi connectivity index (χ4n) is 2.72. The van der Waals surface area contributed by atoms with Gasteiger partial charge in [-0.1, -0.05) is 12.1 Å². The molecular formula is C13H18N2O2. The van der Waals surface area contributed by atoms with E-state index < -0.39 is 0 Å². The minimum Gasteiger partial charge on any atom is -0.493 e. The summed E-state index contributed by atoms with van der Waals surface area (Å²) in [5.41, 5.74) is 5.47. The van der Waals surface area contributed by atoms with Crippen molar-refractivity contribution in [2.75, 3.05) is 19.8 Å². The SMILES string of the molecule is NNC(c1ccc2c(c1)CCO2)C1CCOC1. The van der Waals surface area contributed by atoms with E-state index in [-0.39, 0.29) is 6.04 Å². The lowest BCUT2D eigenvalue weighted by molar-refractivity contribution is 0.177. The van der Waals surface area contributed by atoms with Gasteiger partial charge in [0, 0.05) is 18.9 Å². The highest BCUT2D eigenvalue weighted by atomic mass is 16.5. The van der Waals surface area contributed by atoms with Crippen molar-refractivity contribution in [3.8, 4) is 5.75 Å². The Bertz CT molecular complexity index is 402. The van der Waals surface area contributed by atoms with Crippen molar-refractivity contribution in [3.63, 3.8) is 0 Å². The third kappa shape index (κ3) is 2.04. The van der Waals surface area contributed by atoms with Crippen molar-refractivity contribution in [1.82, 2.24) is 5.43 Å². The monoisotopic (exact) mass is 234 g/mol. The number of rotatable bonds is 3. The van der Waals surface area contributed by atoms with Crippen LogP contribution < -0.4 is 16.0 Å². The molecule has 0 spiro atoms. The van der Waals surface area contributed by atoms with Crippen molar-refractivity contribution in [3.05, 3.63) is 29.3 Å². The lowest BCUT2D eigenvalue weighted by Gasteiger charge is -2.22. The van der Waals surface area contributed by atoms with E-state index in [2.05, 4.69) is 23.6 Å². The first kappa shape index (κ1) is 11.0. The normalized spacial score (nSPS) is 24.4. The molecule has 2 heterocycles. The number of benzene rings is 1. The van der Waals surface area contributed by atoms with Crippen LogP contribution in [0, 0.1) is 5.92 Å². The number of hydrogen-bond donors (Lipinski definition) is 2. The summed E-state index contributed by atoms with van der Waals surface area (Å²) in [6.07, 6.45) is 2.07. The summed E-state index contributed by atoms with van der Waals surface area (Å²) in [5, 5.41) is 0. The van der Waals surface area contributed by atoms with E-state index in [1.165, 1.54) is 11.1 Å². The molecule has 2 aliphatic heterocycles. The molecule has 2 atom stereocenters. The van der Waals surface area contributed by atoms with Crippen LogP contribution in [0.2, 0.25) is 0 Å². The molecule has 3 N–H and O–H groups in total. The maximum atomic E-state index is 5.69. The second kappa shape index (κ2) is 4.64. The molecule has 3 rings (SSSR count). The van der Waals surface area contributed by atoms with Gasteiger partial charge in [0.15, 0.2) is 0 Å². The van der Waals surface area contributed by atoms with Gasteiger partial charge in [-0.05, 0) is 23.6 Å². The fraction of sp³-hybridized carbons (Fsp3) is 0.538. The minimum atomic E-state index is 0.184. The maximum Gasteiger partial charge on any atom is 0.122 e. The lowest BCUT2D eigenvalue weighted by Crippen LogP contribution is -2.33. The second-order valence-electron chi connectivity index (χ2n) is 4.73. The number of nitrogens with two attached hydrogens (primary N) is 1. The first-order valence-corrected chi connectivity index (χ1v) is 6.18. The van der Waals surface area contributed by atoms with Crippen LogP contribution in [-0.2, 0) is 11.2 Å². The molecule has 0 aliphatic carbocycles. The van der Waals surface area contributed by atoms with Gasteiger partial charge in [0.25, 0.3) is 0 Å². The van der Waals surface area contributed by atoms with Crippen molar-refractivity contribution in [2.24, 2.45) is 11.8 Å². The summed E-state index contributed by atoms with van der Waals surface area (Å²) in [5.74, 6) is 7.19. The van der Waals surface area contributed by atoms with Crippen LogP contribution in [0.5, 0.6) is 5.75 Å². The van der Waals surface area contributed by atoms with Gasteiger partial charge in [0.2, 0.25) is 0 Å². The molecule has 1 fully saturated rings. The summed E-state index contributed by atoms with van der Waals surface area (Å²) >= 11 is 0. The maximum absolute atomic E-state index is 5.69. The van der Waals surface area contributed by atoms with Crippen molar-refractivity contribution >= 4 is 0 Å². The van der Waals surface area contributed by atoms with E-state index >= 15 is 0 Å². The number of hydrogen-bond acceptors (Lipinski definition) is 4. The van der Waals surface area contributed by atoms with Crippen LogP contribution in [0.1, 0.15) is 23.6 Å². The molecule has 0 amide bonds. The van der Waals surface area contributed by atoms with Crippen LogP contribution >= 0.6 is 0 Å². The van der Waals surface area contributed by atoms with Gasteiger partial charge in [-0.15, -0.1) is 0 Å². The van der Waals surface area contributed by atoms with Crippen LogP contribution in [0.25, 0.3) is 0 Å². The zero-order chi connectivity index (χ0) is 11.7. The third-order valence-corrected chi connectivity index (χ3v) is 3.69. The highest BCUT2D eigenvalue weighted by Crippen LogP contribution is 2.32. The summed E-state index contributed by atoms with van der Waals surface area (Å²) in [4.78, 5) is 0. The third-order valence-electron chi connectivity index (χ3n) is 3.69. The quantitative estimate of drug-likeness (QED) is 0.609. The Hall–Kier alpha value is -1.10. The topological polar surface area (TPSA) is 56.5 Å². The van der Waals surface area contributed by atoms with Gasteiger partial charge in [-0.3, -0.25) is 11.3 Å². The average Bonchev–Trinajstić information content (AvgIpc) is 2.99. The van der Waals surface area contributed by atoms with Crippen molar-refractivity contribution < 1.29 is 9.47 Å². The smallest absolute Gasteiger partial charge is 0.122 e. The fourth-order valence-corrected chi connectivity index (χ4v) is 2.72. The predicted molar refractivity (Wildman–Crippen MR) is 64.6 cm³/mol. The first-order valence-electron chi connectivity index (χ1n) is 6.18. The molecule has 4 heteroatoms. The molecule has 0 bridgehead atoms. The second-order valence-corrected chi connectivity index (χ2v) is 4.73. The Morgan fingerprint density at radius 3 is 3.06 bits per heavy atom. The molecular weight excluding hydrogens is 216 g/mol. The minimum absolute atomic E-state index is 0.184. The largest absolute Gasteiger partial charge is 0.493 e. The van der Waals surface area contributed by atoms with Crippen molar-refractivity contribution in [2.45, 2.75) is 18.9 Å². The molecule has 92 valence electrons. The van der Waals surface area contributed by atoms with E-state index in [0.29, 0.717) is 5.92 Å². The summed E-state index contributed by atoms with van der Waals surface area (Å²) < 4.78 is 10.9. The number of hydrazine groups is 1. The molecule has 2 unspecified atom stereocenters. The van der Waals surface area contributed by atoms with Gasteiger partial charge in [0.05, 0.1) is 19.3 Å². The molecule has 0 aromatic heterocycles. The van der Waals surface area contributed by atoms with Crippen LogP contribution in [0.4, 0.5) is 0 Å². The molecule has 1 saturated heterocycles. The Morgan fingerprint density at radius 2 is 2.29 bits per heavy atom. The average molecular weight is 234 g/mol. The molecule has 0 radical (unpaired) electrons. The molecule has 4 nitrogen and oxygen atoms in total. The van der Waals surface area contributed by atoms with Gasteiger partial charge in [-0.25, -0.2) is 0 Å². The van der Waals surface area contributed by atoms with Gasteiger partial charge >= 0.3 is 0 Å². The van der Waals surface area contributed by atoms with E-state index in [1.807, 2.05) is 0 Å². The van der Waals surface area contributed by atoms with Crippen molar-refractivity contribution in [1.29, 1.82) is 0 Å². The number of nitrogens with one attached hydrogen (secondary N) is 1. The van der Waals surface area contributed by atoms with E-state index in [9.17, 15) is 0 Å². The van der Waals surface area contributed by atoms with Crippen LogP contribution in [0.15, 0.2) is 18.2 Å². The van der Waals surface area contributed by atoms with Gasteiger partial charge < -0.3 is 9.47 Å². The molecule has 17 heavy (non-hydrogen) atoms. The summed E-state index contributed by atoms with van der Waals surface area (Å²) in [7, 11) is 0. The Balaban J connectivity index is 1.85. The summed E-state index contributed by atoms with van der Waals surface area (Å²) in [6, 6.07) is 6.55. The zero-order valence-corrected chi connectivity index (χ0v) is 9.82. The first-order chi connectivity index (χ1) is 8.38. The number of fused-ring (bicyclic) bond motifs is 1. The van der Waals surface area contributed by atoms with Crippen LogP contribution in [-0.4, -0.2) is 19.8 Å². The Kier molecular flexibility index (Phi) is 3.01. The summed E-state index contributed by atoms with van der Waals surface area (Å²) in [6.45, 7) is 2.44. The molecule has 1 aromatic rings. The molecule has 1 aromatic carbocycles. The molecule has 0 saturated carbocycles. The molecule has 2 aliphatic rings. The standard InChI is InChI=1S/C13H18N2O2/c14-15-13(11-3-5-16-8-11)10-1-2-12-9(7-10)4-6-17-12/h1-2,7,11,13,15H,3-6,8,14H2. The number of ether oxygens (including phenoxy) is 2. The Morgan fingerprint density at radius 1 is 1.35 bits per heavy atom. The highest BCUT2D eigenvalue weighted by Gasteiger charge is 2.27. The van der Waals surface area contributed by atoms with E-state index in [4.69, 9.17) is 15.3 Å². The van der Waals surface area contributed by atoms with E-state index in [0.717, 1.165) is 38.4 Å². The zero-order valence-electron chi connectivity index (χ0n) is 9.82.